The van der Waals surface area contributed by atoms with Crippen LogP contribution in [0.3, 0.4) is 0 Å². The average Bonchev–Trinajstić information content (AvgIpc) is 2.81. The molecular formula is C29H35N3O3. The van der Waals surface area contributed by atoms with Crippen LogP contribution < -0.4 is 4.90 Å². The second kappa shape index (κ2) is 10.6. The fraction of sp³-hybridized carbons (Fsp3) is 0.414. The molecule has 6 heteroatoms. The quantitative estimate of drug-likeness (QED) is 0.395. The van der Waals surface area contributed by atoms with Gasteiger partial charge in [0.25, 0.3) is 0 Å². The highest BCUT2D eigenvalue weighted by Gasteiger charge is 2.35. The van der Waals surface area contributed by atoms with Crippen molar-refractivity contribution in [1.29, 1.82) is 0 Å². The minimum absolute atomic E-state index is 0.217. The lowest BCUT2D eigenvalue weighted by atomic mass is 9.93. The number of rotatable bonds is 9. The van der Waals surface area contributed by atoms with Crippen molar-refractivity contribution in [2.75, 3.05) is 18.0 Å². The molecule has 0 bridgehead atoms. The Balaban J connectivity index is 1.68. The molecule has 3 aromatic rings. The Labute approximate surface area is 207 Å². The molecular weight excluding hydrogens is 438 g/mol. The van der Waals surface area contributed by atoms with Crippen LogP contribution >= 0.6 is 0 Å². The smallest absolute Gasteiger partial charge is 0.303 e. The average molecular weight is 474 g/mol. The normalized spacial score (nSPS) is 17.3. The molecule has 0 amide bonds. The number of aromatic nitrogens is 2. The number of hydrogen-bond donors (Lipinski definition) is 2. The summed E-state index contributed by atoms with van der Waals surface area (Å²) < 4.78 is 0. The van der Waals surface area contributed by atoms with Crippen molar-refractivity contribution in [3.05, 3.63) is 65.4 Å². The molecule has 2 N–H and O–H groups in total. The zero-order chi connectivity index (χ0) is 25.0. The Kier molecular flexibility index (Phi) is 7.51. The van der Waals surface area contributed by atoms with E-state index in [1.165, 1.54) is 11.1 Å². The molecule has 1 aliphatic heterocycles. The topological polar surface area (TPSA) is 86.6 Å². The minimum Gasteiger partial charge on any atom is -0.481 e. The first-order valence-corrected chi connectivity index (χ1v) is 12.5. The molecule has 35 heavy (non-hydrogen) atoms. The van der Waals surface area contributed by atoms with Gasteiger partial charge in [0.1, 0.15) is 0 Å². The maximum absolute atomic E-state index is 11.0. The third kappa shape index (κ3) is 6.25. The predicted octanol–water partition coefficient (Wildman–Crippen LogP) is 5.58. The van der Waals surface area contributed by atoms with E-state index in [1.54, 1.807) is 0 Å². The van der Waals surface area contributed by atoms with Gasteiger partial charge < -0.3 is 15.1 Å². The molecule has 2 aromatic carbocycles. The highest BCUT2D eigenvalue weighted by molar-refractivity contribution is 5.80. The number of hydrogen-bond acceptors (Lipinski definition) is 5. The van der Waals surface area contributed by atoms with Gasteiger partial charge in [0.2, 0.25) is 0 Å². The summed E-state index contributed by atoms with van der Waals surface area (Å²) in [7, 11) is 0. The third-order valence-corrected chi connectivity index (χ3v) is 6.54. The van der Waals surface area contributed by atoms with Gasteiger partial charge in [0, 0.05) is 37.1 Å². The van der Waals surface area contributed by atoms with Crippen molar-refractivity contribution in [2.45, 2.75) is 64.9 Å². The van der Waals surface area contributed by atoms with Crippen molar-refractivity contribution >= 4 is 11.8 Å². The SMILES string of the molecule is Cc1ccc(-c2nc3c(nc2-c2ccc(C)cc2)N(CCCCCCC(=O)O)C[C@](C)(O)C3)cc1. The van der Waals surface area contributed by atoms with Gasteiger partial charge in [-0.2, -0.15) is 0 Å². The van der Waals surface area contributed by atoms with Crippen LogP contribution in [0.15, 0.2) is 48.5 Å². The Bertz CT molecular complexity index is 1170. The van der Waals surface area contributed by atoms with E-state index in [9.17, 15) is 9.90 Å². The number of benzene rings is 2. The molecule has 0 radical (unpaired) electrons. The van der Waals surface area contributed by atoms with Gasteiger partial charge in [-0.3, -0.25) is 4.79 Å². The number of aryl methyl sites for hydroxylation is 2. The Hall–Kier alpha value is -3.25. The van der Waals surface area contributed by atoms with Gasteiger partial charge in [-0.15, -0.1) is 0 Å². The van der Waals surface area contributed by atoms with E-state index in [2.05, 4.69) is 67.3 Å². The summed E-state index contributed by atoms with van der Waals surface area (Å²) in [5.74, 6) is 0.0998. The van der Waals surface area contributed by atoms with Gasteiger partial charge >= 0.3 is 5.97 Å². The van der Waals surface area contributed by atoms with E-state index in [1.807, 2.05) is 6.92 Å². The second-order valence-electron chi connectivity index (χ2n) is 10.1. The van der Waals surface area contributed by atoms with Crippen LogP contribution in [0, 0.1) is 13.8 Å². The molecule has 1 atom stereocenters. The van der Waals surface area contributed by atoms with Crippen molar-refractivity contribution in [3.8, 4) is 22.5 Å². The lowest BCUT2D eigenvalue weighted by Crippen LogP contribution is -2.48. The first kappa shape index (κ1) is 24.9. The maximum Gasteiger partial charge on any atom is 0.303 e. The summed E-state index contributed by atoms with van der Waals surface area (Å²) in [5, 5.41) is 19.9. The first-order chi connectivity index (χ1) is 16.7. The molecule has 2 heterocycles. The number of unbranched alkanes of at least 4 members (excludes halogenated alkanes) is 3. The van der Waals surface area contributed by atoms with Gasteiger partial charge in [-0.1, -0.05) is 72.5 Å². The minimum atomic E-state index is -0.888. The van der Waals surface area contributed by atoms with Crippen LogP contribution in [0.4, 0.5) is 5.82 Å². The summed E-state index contributed by atoms with van der Waals surface area (Å²) in [6.45, 7) is 7.25. The lowest BCUT2D eigenvalue weighted by Gasteiger charge is -2.38. The van der Waals surface area contributed by atoms with Crippen molar-refractivity contribution in [1.82, 2.24) is 9.97 Å². The van der Waals surface area contributed by atoms with E-state index in [4.69, 9.17) is 15.1 Å². The fourth-order valence-corrected chi connectivity index (χ4v) is 4.68. The summed E-state index contributed by atoms with van der Waals surface area (Å²) in [4.78, 5) is 23.2. The summed E-state index contributed by atoms with van der Waals surface area (Å²) in [6, 6.07) is 16.7. The Morgan fingerprint density at radius 1 is 0.886 bits per heavy atom. The fourth-order valence-electron chi connectivity index (χ4n) is 4.68. The monoisotopic (exact) mass is 473 g/mol. The van der Waals surface area contributed by atoms with Crippen LogP contribution in [-0.4, -0.2) is 44.8 Å². The van der Waals surface area contributed by atoms with E-state index >= 15 is 0 Å². The zero-order valence-corrected chi connectivity index (χ0v) is 20.9. The molecule has 1 aliphatic rings. The summed E-state index contributed by atoms with van der Waals surface area (Å²) in [5.41, 5.74) is 6.02. The van der Waals surface area contributed by atoms with Crippen molar-refractivity contribution in [2.24, 2.45) is 0 Å². The number of carboxylic acids is 1. The molecule has 0 fully saturated rings. The standard InChI is InChI=1S/C29H35N3O3/c1-20-9-13-22(14-10-20)26-27(23-15-11-21(2)12-16-23)31-28-24(30-26)18-29(3,35)19-32(28)17-7-5-4-6-8-25(33)34/h9-16,35H,4-8,17-19H2,1-3H3,(H,33,34)/t29-/m1/s1. The molecule has 0 saturated heterocycles. The molecule has 0 aliphatic carbocycles. The molecule has 4 rings (SSSR count). The first-order valence-electron chi connectivity index (χ1n) is 12.5. The number of aliphatic hydroxyl groups is 1. The number of carbonyl (C=O) groups is 1. The van der Waals surface area contributed by atoms with E-state index in [0.29, 0.717) is 19.4 Å². The summed E-state index contributed by atoms with van der Waals surface area (Å²) >= 11 is 0. The van der Waals surface area contributed by atoms with Crippen LogP contribution in [0.25, 0.3) is 22.5 Å². The van der Waals surface area contributed by atoms with Crippen LogP contribution in [0.2, 0.25) is 0 Å². The number of nitrogens with zero attached hydrogens (tertiary/aromatic N) is 3. The highest BCUT2D eigenvalue weighted by Crippen LogP contribution is 2.36. The maximum atomic E-state index is 11.0. The number of β-amino-alcohol motifs (C(OH)–C–C–N with tert-alkyl or cyclic N) is 1. The number of anilines is 1. The molecule has 6 nitrogen and oxygen atoms in total. The number of carboxylic acid groups (broad SMARTS) is 1. The van der Waals surface area contributed by atoms with Crippen molar-refractivity contribution in [3.63, 3.8) is 0 Å². The van der Waals surface area contributed by atoms with Crippen LogP contribution in [0.1, 0.15) is 55.8 Å². The van der Waals surface area contributed by atoms with Gasteiger partial charge in [0.15, 0.2) is 5.82 Å². The molecule has 1 aromatic heterocycles. The highest BCUT2D eigenvalue weighted by atomic mass is 16.4. The van der Waals surface area contributed by atoms with Gasteiger partial charge in [0.05, 0.1) is 22.7 Å². The van der Waals surface area contributed by atoms with E-state index in [0.717, 1.165) is 59.8 Å². The van der Waals surface area contributed by atoms with Crippen molar-refractivity contribution < 1.29 is 15.0 Å². The zero-order valence-electron chi connectivity index (χ0n) is 20.9. The second-order valence-corrected chi connectivity index (χ2v) is 10.1. The Morgan fingerprint density at radius 2 is 1.43 bits per heavy atom. The number of fused-ring (bicyclic) bond motifs is 1. The third-order valence-electron chi connectivity index (χ3n) is 6.54. The predicted molar refractivity (Wildman–Crippen MR) is 140 cm³/mol. The Morgan fingerprint density at radius 3 is 2.00 bits per heavy atom. The molecule has 0 unspecified atom stereocenters. The molecule has 0 saturated carbocycles. The van der Waals surface area contributed by atoms with Crippen LogP contribution in [-0.2, 0) is 11.2 Å². The van der Waals surface area contributed by atoms with E-state index in [-0.39, 0.29) is 6.42 Å². The van der Waals surface area contributed by atoms with Crippen LogP contribution in [0.5, 0.6) is 0 Å². The summed E-state index contributed by atoms with van der Waals surface area (Å²) in [6.07, 6.45) is 4.11. The molecule has 184 valence electrons. The van der Waals surface area contributed by atoms with E-state index < -0.39 is 11.6 Å². The largest absolute Gasteiger partial charge is 0.481 e. The number of aliphatic carboxylic acids is 1. The molecule has 0 spiro atoms. The van der Waals surface area contributed by atoms with Gasteiger partial charge in [-0.25, -0.2) is 9.97 Å². The lowest BCUT2D eigenvalue weighted by molar-refractivity contribution is -0.137. The van der Waals surface area contributed by atoms with Gasteiger partial charge in [-0.05, 0) is 33.6 Å².